The first-order chi connectivity index (χ1) is 12.8. The Labute approximate surface area is 152 Å². The monoisotopic (exact) mass is 346 g/mol. The first-order valence-electron chi connectivity index (χ1n) is 9.34. The molecule has 5 nitrogen and oxygen atoms in total. The fourth-order valence-electron chi connectivity index (χ4n) is 4.25. The van der Waals surface area contributed by atoms with Gasteiger partial charge < -0.3 is 14.6 Å². The van der Waals surface area contributed by atoms with Crippen molar-refractivity contribution in [3.8, 4) is 11.3 Å². The van der Waals surface area contributed by atoms with E-state index in [1.165, 1.54) is 25.9 Å². The van der Waals surface area contributed by atoms with E-state index in [1.807, 2.05) is 59.3 Å². The summed E-state index contributed by atoms with van der Waals surface area (Å²) in [7, 11) is 0. The molecule has 6 rings (SSSR count). The Morgan fingerprint density at radius 3 is 2.58 bits per heavy atom. The van der Waals surface area contributed by atoms with Gasteiger partial charge >= 0.3 is 0 Å². The van der Waals surface area contributed by atoms with Crippen LogP contribution in [0.2, 0.25) is 0 Å². The Morgan fingerprint density at radius 2 is 1.85 bits per heavy atom. The van der Waals surface area contributed by atoms with E-state index in [4.69, 9.17) is 0 Å². The standard InChI is InChI=1S/C21H22N4O/c26-21(23-18-13-24-10-8-16(18)9-11-24)17-6-7-20-22-19(14-25(20)12-17)15-4-2-1-3-5-15/h1-7,12,14,16,18H,8-11,13H2,(H,23,26)/t18-/m0/s1. The average Bonchev–Trinajstić information content (AvgIpc) is 3.13. The number of imidazole rings is 1. The molecule has 2 bridgehead atoms. The Bertz CT molecular complexity index is 941. The third-order valence-corrected chi connectivity index (χ3v) is 5.76. The summed E-state index contributed by atoms with van der Waals surface area (Å²) < 4.78 is 1.94. The van der Waals surface area contributed by atoms with Crippen LogP contribution in [0.1, 0.15) is 23.2 Å². The molecule has 3 aliphatic rings. The van der Waals surface area contributed by atoms with Gasteiger partial charge in [-0.1, -0.05) is 30.3 Å². The van der Waals surface area contributed by atoms with E-state index in [0.717, 1.165) is 23.4 Å². The van der Waals surface area contributed by atoms with E-state index in [9.17, 15) is 4.79 Å². The Balaban J connectivity index is 1.38. The Hall–Kier alpha value is -2.66. The summed E-state index contributed by atoms with van der Waals surface area (Å²) in [6, 6.07) is 14.2. The van der Waals surface area contributed by atoms with Crippen LogP contribution in [0.4, 0.5) is 0 Å². The summed E-state index contributed by atoms with van der Waals surface area (Å²) in [4.78, 5) is 19.9. The van der Waals surface area contributed by atoms with Crippen molar-refractivity contribution in [2.75, 3.05) is 19.6 Å². The van der Waals surface area contributed by atoms with Gasteiger partial charge in [-0.25, -0.2) is 4.98 Å². The van der Waals surface area contributed by atoms with Crippen molar-refractivity contribution in [2.45, 2.75) is 18.9 Å². The number of pyridine rings is 1. The number of benzene rings is 1. The SMILES string of the molecule is O=C(N[C@H]1CN2CCC1CC2)c1ccc2nc(-c3ccccc3)cn2c1. The highest BCUT2D eigenvalue weighted by Gasteiger charge is 2.34. The molecule has 0 radical (unpaired) electrons. The summed E-state index contributed by atoms with van der Waals surface area (Å²) >= 11 is 0. The number of carbonyl (C=O) groups is 1. The number of hydrogen-bond acceptors (Lipinski definition) is 3. The summed E-state index contributed by atoms with van der Waals surface area (Å²) in [5.74, 6) is 0.645. The highest BCUT2D eigenvalue weighted by molar-refractivity contribution is 5.94. The average molecular weight is 346 g/mol. The molecule has 1 N–H and O–H groups in total. The lowest BCUT2D eigenvalue weighted by molar-refractivity contribution is 0.0620. The van der Waals surface area contributed by atoms with Crippen molar-refractivity contribution in [1.82, 2.24) is 19.6 Å². The van der Waals surface area contributed by atoms with Crippen LogP contribution >= 0.6 is 0 Å². The summed E-state index contributed by atoms with van der Waals surface area (Å²) in [6.07, 6.45) is 6.26. The van der Waals surface area contributed by atoms with Gasteiger partial charge in [0.2, 0.25) is 0 Å². The number of fused-ring (bicyclic) bond motifs is 4. The number of aromatic nitrogens is 2. The van der Waals surface area contributed by atoms with E-state index < -0.39 is 0 Å². The molecule has 132 valence electrons. The van der Waals surface area contributed by atoms with Crippen LogP contribution in [0.3, 0.4) is 0 Å². The molecule has 0 aliphatic carbocycles. The largest absolute Gasteiger partial charge is 0.348 e. The van der Waals surface area contributed by atoms with E-state index >= 15 is 0 Å². The maximum atomic E-state index is 12.7. The second-order valence-electron chi connectivity index (χ2n) is 7.39. The van der Waals surface area contributed by atoms with Gasteiger partial charge in [0.25, 0.3) is 5.91 Å². The zero-order chi connectivity index (χ0) is 17.5. The molecule has 3 aliphatic heterocycles. The molecule has 0 unspecified atom stereocenters. The van der Waals surface area contributed by atoms with Crippen molar-refractivity contribution in [1.29, 1.82) is 0 Å². The Morgan fingerprint density at radius 1 is 1.04 bits per heavy atom. The summed E-state index contributed by atoms with van der Waals surface area (Å²) in [5.41, 5.74) is 3.53. The first-order valence-corrected chi connectivity index (χ1v) is 9.34. The van der Waals surface area contributed by atoms with E-state index in [-0.39, 0.29) is 11.9 Å². The molecule has 2 aromatic heterocycles. The molecular formula is C21H22N4O. The number of nitrogens with one attached hydrogen (secondary N) is 1. The number of nitrogens with zero attached hydrogens (tertiary/aromatic N) is 3. The molecule has 5 heterocycles. The maximum Gasteiger partial charge on any atom is 0.253 e. The minimum absolute atomic E-state index is 0.0145. The second kappa shape index (κ2) is 6.25. The molecular weight excluding hydrogens is 324 g/mol. The molecule has 0 spiro atoms. The van der Waals surface area contributed by atoms with Gasteiger partial charge in [0.15, 0.2) is 0 Å². The smallest absolute Gasteiger partial charge is 0.253 e. The zero-order valence-electron chi connectivity index (χ0n) is 14.6. The molecule has 3 saturated heterocycles. The number of rotatable bonds is 3. The van der Waals surface area contributed by atoms with Gasteiger partial charge in [-0.05, 0) is 44.0 Å². The molecule has 5 heteroatoms. The summed E-state index contributed by atoms with van der Waals surface area (Å²) in [5, 5.41) is 3.26. The van der Waals surface area contributed by atoms with E-state index in [1.54, 1.807) is 0 Å². The maximum absolute atomic E-state index is 12.7. The third kappa shape index (κ3) is 2.78. The van der Waals surface area contributed by atoms with Crippen LogP contribution < -0.4 is 5.32 Å². The lowest BCUT2D eigenvalue weighted by Gasteiger charge is -2.44. The van der Waals surface area contributed by atoms with Crippen LogP contribution in [0.25, 0.3) is 16.9 Å². The van der Waals surface area contributed by atoms with Crippen LogP contribution in [0, 0.1) is 5.92 Å². The second-order valence-corrected chi connectivity index (χ2v) is 7.39. The van der Waals surface area contributed by atoms with Gasteiger partial charge in [0.1, 0.15) is 5.65 Å². The molecule has 1 atom stereocenters. The zero-order valence-corrected chi connectivity index (χ0v) is 14.6. The fourth-order valence-corrected chi connectivity index (χ4v) is 4.25. The number of hydrogen-bond donors (Lipinski definition) is 1. The lowest BCUT2D eigenvalue weighted by atomic mass is 9.84. The normalized spacial score (nSPS) is 24.7. The fraction of sp³-hybridized carbons (Fsp3) is 0.333. The Kier molecular flexibility index (Phi) is 3.75. The predicted molar refractivity (Wildman–Crippen MR) is 101 cm³/mol. The van der Waals surface area contributed by atoms with Crippen LogP contribution in [0.15, 0.2) is 54.9 Å². The molecule has 3 aromatic rings. The van der Waals surface area contributed by atoms with Crippen molar-refractivity contribution in [3.05, 3.63) is 60.4 Å². The highest BCUT2D eigenvalue weighted by atomic mass is 16.1. The topological polar surface area (TPSA) is 49.6 Å². The van der Waals surface area contributed by atoms with Crippen LogP contribution in [-0.2, 0) is 0 Å². The van der Waals surface area contributed by atoms with Crippen LogP contribution in [0.5, 0.6) is 0 Å². The first kappa shape index (κ1) is 15.6. The van der Waals surface area contributed by atoms with Crippen LogP contribution in [-0.4, -0.2) is 45.9 Å². The van der Waals surface area contributed by atoms with Gasteiger partial charge in [-0.15, -0.1) is 0 Å². The lowest BCUT2D eigenvalue weighted by Crippen LogP contribution is -2.57. The quantitative estimate of drug-likeness (QED) is 0.793. The molecule has 26 heavy (non-hydrogen) atoms. The minimum Gasteiger partial charge on any atom is -0.348 e. The molecule has 1 amide bonds. The number of piperidine rings is 3. The minimum atomic E-state index is 0.0145. The van der Waals surface area contributed by atoms with Crippen molar-refractivity contribution < 1.29 is 4.79 Å². The number of amides is 1. The van der Waals surface area contributed by atoms with Gasteiger partial charge in [-0.3, -0.25) is 4.79 Å². The van der Waals surface area contributed by atoms with E-state index in [2.05, 4.69) is 15.2 Å². The van der Waals surface area contributed by atoms with Gasteiger partial charge in [0, 0.05) is 30.5 Å². The van der Waals surface area contributed by atoms with Crippen molar-refractivity contribution >= 4 is 11.6 Å². The highest BCUT2D eigenvalue weighted by Crippen LogP contribution is 2.27. The van der Waals surface area contributed by atoms with Crippen molar-refractivity contribution in [2.24, 2.45) is 5.92 Å². The summed E-state index contributed by atoms with van der Waals surface area (Å²) in [6.45, 7) is 3.35. The molecule has 1 aromatic carbocycles. The number of carbonyl (C=O) groups excluding carboxylic acids is 1. The van der Waals surface area contributed by atoms with Crippen molar-refractivity contribution in [3.63, 3.8) is 0 Å². The molecule has 3 fully saturated rings. The van der Waals surface area contributed by atoms with Gasteiger partial charge in [0.05, 0.1) is 11.3 Å². The molecule has 0 saturated carbocycles. The third-order valence-electron chi connectivity index (χ3n) is 5.76. The van der Waals surface area contributed by atoms with Gasteiger partial charge in [-0.2, -0.15) is 0 Å². The predicted octanol–water partition coefficient (Wildman–Crippen LogP) is 2.83. The van der Waals surface area contributed by atoms with E-state index in [0.29, 0.717) is 11.5 Å².